The van der Waals surface area contributed by atoms with Crippen LogP contribution in [0.15, 0.2) is 84.4 Å². The average Bonchev–Trinajstić information content (AvgIpc) is 3.00. The Morgan fingerprint density at radius 1 is 0.953 bits per heavy atom. The van der Waals surface area contributed by atoms with E-state index in [-0.39, 0.29) is 36.3 Å². The van der Waals surface area contributed by atoms with Crippen molar-refractivity contribution in [2.24, 2.45) is 0 Å². The normalized spacial score (nSPS) is 18.4. The van der Waals surface area contributed by atoms with Crippen molar-refractivity contribution in [3.05, 3.63) is 107 Å². The Balaban J connectivity index is 1.32. The fourth-order valence-electron chi connectivity index (χ4n) is 5.79. The lowest BCUT2D eigenvalue weighted by atomic mass is 9.82. The number of rotatable bonds is 9. The third kappa shape index (κ3) is 7.46. The third-order valence-corrected chi connectivity index (χ3v) is 8.13. The summed E-state index contributed by atoms with van der Waals surface area (Å²) in [5, 5.41) is 3.58. The zero-order valence-corrected chi connectivity index (χ0v) is 24.4. The number of benzene rings is 3. The van der Waals surface area contributed by atoms with Crippen LogP contribution in [0.5, 0.6) is 5.75 Å². The van der Waals surface area contributed by atoms with Gasteiger partial charge < -0.3 is 19.9 Å². The van der Waals surface area contributed by atoms with Crippen molar-refractivity contribution in [1.29, 1.82) is 0 Å². The van der Waals surface area contributed by atoms with Crippen molar-refractivity contribution < 1.29 is 27.5 Å². The van der Waals surface area contributed by atoms with Crippen molar-refractivity contribution in [1.82, 2.24) is 15.1 Å². The van der Waals surface area contributed by atoms with Crippen LogP contribution in [0, 0.1) is 0 Å². The first kappa shape index (κ1) is 30.4. The van der Waals surface area contributed by atoms with Crippen molar-refractivity contribution in [3.63, 3.8) is 0 Å². The number of likely N-dealkylation sites (N-methyl/N-ethyl adjacent to an activating group) is 1. The first-order valence-corrected chi connectivity index (χ1v) is 14.5. The highest BCUT2D eigenvalue weighted by Gasteiger charge is 2.39. The molecule has 3 aromatic carbocycles. The molecule has 2 heterocycles. The van der Waals surface area contributed by atoms with Crippen molar-refractivity contribution in [2.45, 2.75) is 44.4 Å². The Bertz CT molecular complexity index is 1470. The summed E-state index contributed by atoms with van der Waals surface area (Å²) in [5.74, 6) is 0.128. The lowest BCUT2D eigenvalue weighted by Crippen LogP contribution is -2.61. The lowest BCUT2D eigenvalue weighted by Gasteiger charge is -2.44. The van der Waals surface area contributed by atoms with Crippen LogP contribution in [0.2, 0.25) is 0 Å². The van der Waals surface area contributed by atoms with E-state index < -0.39 is 11.7 Å². The highest BCUT2D eigenvalue weighted by molar-refractivity contribution is 6.03. The van der Waals surface area contributed by atoms with Crippen LogP contribution in [0.3, 0.4) is 0 Å². The summed E-state index contributed by atoms with van der Waals surface area (Å²) >= 11 is 0. The Kier molecular flexibility index (Phi) is 9.20. The van der Waals surface area contributed by atoms with Crippen LogP contribution in [0.1, 0.15) is 35.6 Å². The number of nitrogens with one attached hydrogen (secondary N) is 1. The summed E-state index contributed by atoms with van der Waals surface area (Å²) < 4.78 is 44.6. The van der Waals surface area contributed by atoms with E-state index in [0.717, 1.165) is 40.8 Å². The van der Waals surface area contributed by atoms with Crippen molar-refractivity contribution in [3.8, 4) is 5.75 Å². The first-order chi connectivity index (χ1) is 20.6. The number of halogens is 3. The number of fused-ring (bicyclic) bond motifs is 2. The average molecular weight is 592 g/mol. The molecule has 1 saturated heterocycles. The molecule has 0 spiro atoms. The Morgan fingerprint density at radius 3 is 2.37 bits per heavy atom. The van der Waals surface area contributed by atoms with Gasteiger partial charge in [0.25, 0.3) is 5.91 Å². The molecule has 226 valence electrons. The highest BCUT2D eigenvalue weighted by atomic mass is 19.4. The van der Waals surface area contributed by atoms with Gasteiger partial charge in [-0.1, -0.05) is 60.7 Å². The lowest BCUT2D eigenvalue weighted by molar-refractivity contribution is -0.137. The molecule has 2 amide bonds. The van der Waals surface area contributed by atoms with Gasteiger partial charge in [-0.3, -0.25) is 9.59 Å². The van der Waals surface area contributed by atoms with E-state index in [1.54, 1.807) is 11.8 Å². The molecule has 2 bridgehead atoms. The van der Waals surface area contributed by atoms with E-state index in [2.05, 4.69) is 5.32 Å². The monoisotopic (exact) mass is 591 g/mol. The number of amides is 2. The molecule has 0 saturated carbocycles. The summed E-state index contributed by atoms with van der Waals surface area (Å²) in [6.07, 6.45) is -2.54. The van der Waals surface area contributed by atoms with Gasteiger partial charge in [0.1, 0.15) is 5.75 Å². The van der Waals surface area contributed by atoms with Crippen molar-refractivity contribution in [2.75, 3.05) is 33.3 Å². The molecule has 2 atom stereocenters. The maximum Gasteiger partial charge on any atom is 0.416 e. The van der Waals surface area contributed by atoms with Crippen LogP contribution in [0.4, 0.5) is 13.2 Å². The molecular weight excluding hydrogens is 555 g/mol. The Morgan fingerprint density at radius 2 is 1.67 bits per heavy atom. The topological polar surface area (TPSA) is 61.9 Å². The number of carbonyl (C=O) groups is 2. The van der Waals surface area contributed by atoms with Crippen LogP contribution in [0.25, 0.3) is 5.57 Å². The number of carbonyl (C=O) groups excluding carboxylic acids is 2. The van der Waals surface area contributed by atoms with Gasteiger partial charge in [-0.25, -0.2) is 0 Å². The van der Waals surface area contributed by atoms with Crippen LogP contribution in [-0.2, 0) is 28.6 Å². The molecule has 0 aliphatic carbocycles. The van der Waals surface area contributed by atoms with Gasteiger partial charge in [0.15, 0.2) is 0 Å². The molecular formula is C34H36F3N3O3. The predicted octanol–water partition coefficient (Wildman–Crippen LogP) is 5.37. The molecule has 3 aromatic rings. The third-order valence-electron chi connectivity index (χ3n) is 8.13. The predicted molar refractivity (Wildman–Crippen MR) is 159 cm³/mol. The van der Waals surface area contributed by atoms with Gasteiger partial charge in [0.2, 0.25) is 5.91 Å². The second kappa shape index (κ2) is 13.0. The summed E-state index contributed by atoms with van der Waals surface area (Å²) in [4.78, 5) is 29.8. The SMILES string of the molecule is CC(=O)N1C[C@H]2CC(c3ccc(CCOc4cccc(C(F)(F)F)c4)cc3)=C(C(=O)N(C)CCc3ccccc3)[C@@H](C1)N2. The molecule has 1 N–H and O–H groups in total. The van der Waals surface area contributed by atoms with E-state index >= 15 is 0 Å². The zero-order chi connectivity index (χ0) is 30.6. The second-order valence-corrected chi connectivity index (χ2v) is 11.2. The number of nitrogens with zero attached hydrogens (tertiary/aromatic N) is 2. The van der Waals surface area contributed by atoms with Crippen LogP contribution in [-0.4, -0.2) is 67.0 Å². The molecule has 1 fully saturated rings. The van der Waals surface area contributed by atoms with E-state index in [0.29, 0.717) is 38.0 Å². The van der Waals surface area contributed by atoms with E-state index in [1.165, 1.54) is 12.1 Å². The molecule has 0 unspecified atom stereocenters. The fourth-order valence-corrected chi connectivity index (χ4v) is 5.79. The molecule has 6 nitrogen and oxygen atoms in total. The fraction of sp³-hybridized carbons (Fsp3) is 0.353. The van der Waals surface area contributed by atoms with Gasteiger partial charge in [-0.2, -0.15) is 13.2 Å². The van der Waals surface area contributed by atoms with Gasteiger partial charge in [0, 0.05) is 51.6 Å². The number of hydrogen-bond acceptors (Lipinski definition) is 4. The maximum atomic E-state index is 13.9. The Hall–Kier alpha value is -4.11. The minimum Gasteiger partial charge on any atom is -0.493 e. The van der Waals surface area contributed by atoms with Crippen LogP contribution < -0.4 is 10.1 Å². The molecule has 2 aliphatic heterocycles. The van der Waals surface area contributed by atoms with Gasteiger partial charge in [0.05, 0.1) is 18.2 Å². The van der Waals surface area contributed by atoms with Gasteiger partial charge in [-0.15, -0.1) is 0 Å². The summed E-state index contributed by atoms with van der Waals surface area (Å²) in [6.45, 7) is 3.39. The first-order valence-electron chi connectivity index (χ1n) is 14.5. The molecule has 0 radical (unpaired) electrons. The minimum absolute atomic E-state index is 0.000820. The standard InChI is InChI=1S/C34H36F3N3O3/c1-23(41)40-21-28-20-30(32(31(22-40)38-28)33(42)39(2)17-15-24-7-4-3-5-8-24)26-13-11-25(12-14-26)16-18-43-29-10-6-9-27(19-29)34(35,36)37/h3-14,19,28,31,38H,15-18,20-22H2,1-2H3/t28-,31-/m1/s1. The summed E-state index contributed by atoms with van der Waals surface area (Å²) in [7, 11) is 1.82. The largest absolute Gasteiger partial charge is 0.493 e. The molecule has 9 heteroatoms. The number of ether oxygens (including phenoxy) is 1. The van der Waals surface area contributed by atoms with E-state index in [1.807, 2.05) is 66.5 Å². The van der Waals surface area contributed by atoms with Gasteiger partial charge in [-0.05, 0) is 53.3 Å². The molecule has 0 aromatic heterocycles. The second-order valence-electron chi connectivity index (χ2n) is 11.2. The quantitative estimate of drug-likeness (QED) is 0.364. The van der Waals surface area contributed by atoms with Crippen LogP contribution >= 0.6 is 0 Å². The summed E-state index contributed by atoms with van der Waals surface area (Å²) in [5.41, 5.74) is 4.03. The Labute approximate surface area is 250 Å². The minimum atomic E-state index is -4.42. The zero-order valence-electron chi connectivity index (χ0n) is 24.4. The highest BCUT2D eigenvalue weighted by Crippen LogP contribution is 2.34. The summed E-state index contributed by atoms with van der Waals surface area (Å²) in [6, 6.07) is 22.6. The number of hydrogen-bond donors (Lipinski definition) is 1. The molecule has 5 rings (SSSR count). The van der Waals surface area contributed by atoms with E-state index in [4.69, 9.17) is 4.74 Å². The van der Waals surface area contributed by atoms with E-state index in [9.17, 15) is 22.8 Å². The smallest absolute Gasteiger partial charge is 0.416 e. The van der Waals surface area contributed by atoms with Gasteiger partial charge >= 0.3 is 6.18 Å². The molecule has 43 heavy (non-hydrogen) atoms. The number of alkyl halides is 3. The molecule has 2 aliphatic rings. The number of piperazine rings is 1. The van der Waals surface area contributed by atoms with Crippen molar-refractivity contribution >= 4 is 17.4 Å². The maximum absolute atomic E-state index is 13.9.